The molecule has 0 bridgehead atoms. The highest BCUT2D eigenvalue weighted by atomic mass is 16.4. The number of carboxylic acid groups (broad SMARTS) is 1. The first kappa shape index (κ1) is 12.2. The molecule has 0 aromatic heterocycles. The number of carboxylic acids is 1. The molecular weight excluding hydrogens is 220 g/mol. The van der Waals surface area contributed by atoms with Crippen molar-refractivity contribution in [1.82, 2.24) is 10.6 Å². The monoisotopic (exact) mass is 240 g/mol. The normalized spacial score (nSPS) is 22.6. The number of carbonyl (C=O) groups excluding carboxylic acids is 1. The van der Waals surface area contributed by atoms with E-state index in [1.807, 2.05) is 0 Å². The van der Waals surface area contributed by atoms with Gasteiger partial charge in [0.05, 0.1) is 0 Å². The Morgan fingerprint density at radius 1 is 1.24 bits per heavy atom. The Labute approximate surface area is 101 Å². The van der Waals surface area contributed by atoms with Crippen LogP contribution >= 0.6 is 0 Å². The quantitative estimate of drug-likeness (QED) is 0.652. The molecule has 0 spiro atoms. The summed E-state index contributed by atoms with van der Waals surface area (Å²) in [6.45, 7) is 2.75. The van der Waals surface area contributed by atoms with E-state index in [1.54, 1.807) is 0 Å². The molecule has 2 rings (SSSR count). The van der Waals surface area contributed by atoms with Crippen LogP contribution in [-0.4, -0.2) is 29.7 Å². The molecule has 0 aliphatic heterocycles. The van der Waals surface area contributed by atoms with E-state index < -0.39 is 12.0 Å². The van der Waals surface area contributed by atoms with Crippen molar-refractivity contribution < 1.29 is 14.7 Å². The second kappa shape index (κ2) is 4.94. The fourth-order valence-electron chi connectivity index (χ4n) is 2.09. The predicted octanol–water partition coefficient (Wildman–Crippen LogP) is 1.19. The van der Waals surface area contributed by atoms with Gasteiger partial charge in [-0.2, -0.15) is 0 Å². The van der Waals surface area contributed by atoms with Crippen LogP contribution in [0.15, 0.2) is 0 Å². The van der Waals surface area contributed by atoms with Crippen LogP contribution in [-0.2, 0) is 4.79 Å². The van der Waals surface area contributed by atoms with Gasteiger partial charge in [0.2, 0.25) is 0 Å². The first-order valence-corrected chi connectivity index (χ1v) is 6.35. The zero-order valence-electron chi connectivity index (χ0n) is 10.1. The van der Waals surface area contributed by atoms with Crippen LogP contribution < -0.4 is 10.6 Å². The molecule has 0 aromatic rings. The molecule has 0 radical (unpaired) electrons. The molecule has 2 amide bonds. The maximum absolute atomic E-state index is 11.6. The molecule has 5 nitrogen and oxygen atoms in total. The van der Waals surface area contributed by atoms with E-state index in [-0.39, 0.29) is 11.9 Å². The lowest BCUT2D eigenvalue weighted by molar-refractivity contribution is -0.139. The Morgan fingerprint density at radius 2 is 1.82 bits per heavy atom. The van der Waals surface area contributed by atoms with Crippen molar-refractivity contribution in [3.05, 3.63) is 0 Å². The van der Waals surface area contributed by atoms with Crippen LogP contribution in [0.4, 0.5) is 4.79 Å². The summed E-state index contributed by atoms with van der Waals surface area (Å²) in [6, 6.07) is -1.07. The topological polar surface area (TPSA) is 78.4 Å². The second-order valence-electron chi connectivity index (χ2n) is 5.32. The van der Waals surface area contributed by atoms with Crippen LogP contribution in [0.1, 0.15) is 32.6 Å². The zero-order valence-corrected chi connectivity index (χ0v) is 10.1. The lowest BCUT2D eigenvalue weighted by Crippen LogP contribution is -2.48. The third-order valence-electron chi connectivity index (χ3n) is 3.66. The Bertz CT molecular complexity index is 311. The van der Waals surface area contributed by atoms with Gasteiger partial charge in [0, 0.05) is 6.54 Å². The highest BCUT2D eigenvalue weighted by Gasteiger charge is 2.37. The van der Waals surface area contributed by atoms with Gasteiger partial charge < -0.3 is 15.7 Å². The van der Waals surface area contributed by atoms with E-state index in [0.29, 0.717) is 12.5 Å². The molecule has 2 saturated carbocycles. The highest BCUT2D eigenvalue weighted by molar-refractivity contribution is 5.83. The number of carbonyl (C=O) groups is 2. The van der Waals surface area contributed by atoms with Crippen molar-refractivity contribution in [2.45, 2.75) is 38.6 Å². The maximum Gasteiger partial charge on any atom is 0.326 e. The Hall–Kier alpha value is -1.26. The molecule has 0 saturated heterocycles. The van der Waals surface area contributed by atoms with Crippen molar-refractivity contribution in [3.63, 3.8) is 0 Å². The van der Waals surface area contributed by atoms with Gasteiger partial charge in [0.15, 0.2) is 0 Å². The van der Waals surface area contributed by atoms with E-state index in [9.17, 15) is 9.59 Å². The van der Waals surface area contributed by atoms with Crippen LogP contribution in [0.3, 0.4) is 0 Å². The van der Waals surface area contributed by atoms with Crippen LogP contribution in [0.2, 0.25) is 0 Å². The van der Waals surface area contributed by atoms with Crippen molar-refractivity contribution in [3.8, 4) is 0 Å². The van der Waals surface area contributed by atoms with E-state index in [0.717, 1.165) is 18.8 Å². The number of nitrogens with one attached hydrogen (secondary N) is 2. The fraction of sp³-hybridized carbons (Fsp3) is 0.833. The largest absolute Gasteiger partial charge is 0.480 e. The summed E-state index contributed by atoms with van der Waals surface area (Å²) in [4.78, 5) is 22.5. The molecule has 17 heavy (non-hydrogen) atoms. The number of rotatable bonds is 6. The number of amides is 2. The van der Waals surface area contributed by atoms with Crippen molar-refractivity contribution in [1.29, 1.82) is 0 Å². The van der Waals surface area contributed by atoms with Crippen LogP contribution in [0.25, 0.3) is 0 Å². The third-order valence-corrected chi connectivity index (χ3v) is 3.66. The van der Waals surface area contributed by atoms with Gasteiger partial charge >= 0.3 is 12.0 Å². The standard InChI is InChI=1S/C12H20N2O3/c1-7(8-2-3-8)6-13-12(17)14-10(11(15)16)9-4-5-9/h7-10H,2-6H2,1H3,(H,15,16)(H2,13,14,17). The third kappa shape index (κ3) is 3.61. The average Bonchev–Trinajstić information content (AvgIpc) is 3.14. The molecule has 5 heteroatoms. The minimum absolute atomic E-state index is 0.124. The van der Waals surface area contributed by atoms with Crippen molar-refractivity contribution in [2.24, 2.45) is 17.8 Å². The summed E-state index contributed by atoms with van der Waals surface area (Å²) >= 11 is 0. The summed E-state index contributed by atoms with van der Waals surface area (Å²) in [5, 5.41) is 14.3. The maximum atomic E-state index is 11.6. The molecule has 2 aliphatic carbocycles. The number of urea groups is 1. The van der Waals surface area contributed by atoms with Crippen LogP contribution in [0.5, 0.6) is 0 Å². The summed E-state index contributed by atoms with van der Waals surface area (Å²) in [5.41, 5.74) is 0. The summed E-state index contributed by atoms with van der Waals surface area (Å²) in [6.07, 6.45) is 4.31. The van der Waals surface area contributed by atoms with Crippen LogP contribution in [0, 0.1) is 17.8 Å². The van der Waals surface area contributed by atoms with Gasteiger partial charge in [-0.25, -0.2) is 9.59 Å². The highest BCUT2D eigenvalue weighted by Crippen LogP contribution is 2.36. The molecule has 3 N–H and O–H groups in total. The van der Waals surface area contributed by atoms with Gasteiger partial charge in [-0.1, -0.05) is 6.92 Å². The average molecular weight is 240 g/mol. The first-order chi connectivity index (χ1) is 8.08. The lowest BCUT2D eigenvalue weighted by atomic mass is 10.1. The lowest BCUT2D eigenvalue weighted by Gasteiger charge is -2.16. The fourth-order valence-corrected chi connectivity index (χ4v) is 2.09. The Kier molecular flexibility index (Phi) is 3.54. The smallest absolute Gasteiger partial charge is 0.326 e. The molecule has 0 aromatic carbocycles. The molecular formula is C12H20N2O3. The molecule has 96 valence electrons. The molecule has 2 unspecified atom stereocenters. The van der Waals surface area contributed by atoms with Gasteiger partial charge in [0.25, 0.3) is 0 Å². The minimum atomic E-state index is -0.933. The van der Waals surface area contributed by atoms with E-state index in [2.05, 4.69) is 17.6 Å². The minimum Gasteiger partial charge on any atom is -0.480 e. The summed E-state index contributed by atoms with van der Waals surface area (Å²) < 4.78 is 0. The van der Waals surface area contributed by atoms with Gasteiger partial charge in [-0.15, -0.1) is 0 Å². The van der Waals surface area contributed by atoms with Gasteiger partial charge in [0.1, 0.15) is 6.04 Å². The van der Waals surface area contributed by atoms with Crippen molar-refractivity contribution >= 4 is 12.0 Å². The Morgan fingerprint density at radius 3 is 2.29 bits per heavy atom. The molecule has 2 fully saturated rings. The summed E-state index contributed by atoms with van der Waals surface area (Å²) in [7, 11) is 0. The first-order valence-electron chi connectivity index (χ1n) is 6.35. The zero-order chi connectivity index (χ0) is 12.4. The van der Waals surface area contributed by atoms with E-state index >= 15 is 0 Å². The van der Waals surface area contributed by atoms with E-state index in [1.165, 1.54) is 12.8 Å². The van der Waals surface area contributed by atoms with Crippen molar-refractivity contribution in [2.75, 3.05) is 6.54 Å². The Balaban J connectivity index is 1.69. The number of hydrogen-bond acceptors (Lipinski definition) is 2. The summed E-state index contributed by atoms with van der Waals surface area (Å²) in [5.74, 6) is 0.427. The molecule has 2 aliphatic rings. The number of aliphatic carboxylic acids is 1. The number of hydrogen-bond donors (Lipinski definition) is 3. The predicted molar refractivity (Wildman–Crippen MR) is 62.6 cm³/mol. The molecule has 0 heterocycles. The van der Waals surface area contributed by atoms with Gasteiger partial charge in [-0.3, -0.25) is 0 Å². The molecule has 2 atom stereocenters. The van der Waals surface area contributed by atoms with Gasteiger partial charge in [-0.05, 0) is 43.4 Å². The SMILES string of the molecule is CC(CNC(=O)NC(C(=O)O)C1CC1)C1CC1. The van der Waals surface area contributed by atoms with E-state index in [4.69, 9.17) is 5.11 Å². The second-order valence-corrected chi connectivity index (χ2v) is 5.32.